The minimum absolute atomic E-state index is 0.0387. The van der Waals surface area contributed by atoms with Crippen molar-refractivity contribution in [1.29, 1.82) is 0 Å². The first kappa shape index (κ1) is 11.3. The second-order valence-corrected chi connectivity index (χ2v) is 3.76. The van der Waals surface area contributed by atoms with Crippen molar-refractivity contribution in [2.45, 2.75) is 0 Å². The highest BCUT2D eigenvalue weighted by molar-refractivity contribution is 6.31. The zero-order chi connectivity index (χ0) is 12.3. The van der Waals surface area contributed by atoms with Crippen LogP contribution in [0.1, 0.15) is 0 Å². The summed E-state index contributed by atoms with van der Waals surface area (Å²) >= 11 is 5.85. The maximum Gasteiger partial charge on any atom is 0.192 e. The first-order valence-corrected chi connectivity index (χ1v) is 5.21. The average molecular weight is 246 g/mol. The quantitative estimate of drug-likeness (QED) is 0.796. The van der Waals surface area contributed by atoms with E-state index in [0.717, 1.165) is 0 Å². The number of aromatic hydroxyl groups is 1. The van der Waals surface area contributed by atoms with Crippen LogP contribution in [0.5, 0.6) is 17.2 Å². The predicted octanol–water partition coefficient (Wildman–Crippen LogP) is 4.39. The minimum atomic E-state index is 0.0387. The minimum Gasteiger partial charge on any atom is -0.504 e. The van der Waals surface area contributed by atoms with Crippen LogP contribution in [0.3, 0.4) is 0 Å². The summed E-state index contributed by atoms with van der Waals surface area (Å²) in [7, 11) is 0. The van der Waals surface area contributed by atoms with E-state index in [4.69, 9.17) is 22.9 Å². The number of hydrogen-bond donors (Lipinski definition) is 1. The zero-order valence-corrected chi connectivity index (χ0v) is 9.48. The molecular formula is C13H8ClNO2. The highest BCUT2D eigenvalue weighted by atomic mass is 35.5. The Morgan fingerprint density at radius 3 is 2.65 bits per heavy atom. The molecule has 0 atom stereocenters. The van der Waals surface area contributed by atoms with Gasteiger partial charge in [0.05, 0.1) is 6.57 Å². The second-order valence-electron chi connectivity index (χ2n) is 3.33. The third kappa shape index (κ3) is 2.68. The number of hydrogen-bond acceptors (Lipinski definition) is 2. The lowest BCUT2D eigenvalue weighted by atomic mass is 10.3. The van der Waals surface area contributed by atoms with Gasteiger partial charge in [0, 0.05) is 5.02 Å². The van der Waals surface area contributed by atoms with Gasteiger partial charge in [-0.3, -0.25) is 0 Å². The average Bonchev–Trinajstić information content (AvgIpc) is 2.31. The molecule has 0 heterocycles. The molecule has 0 saturated heterocycles. The molecule has 17 heavy (non-hydrogen) atoms. The third-order valence-corrected chi connectivity index (χ3v) is 2.30. The standard InChI is InChI=1S/C13H8ClNO2/c1-15-10-6-9(14)7-11(8-10)17-13-5-3-2-4-12(13)16/h2-8,16H. The highest BCUT2D eigenvalue weighted by Crippen LogP contribution is 2.33. The van der Waals surface area contributed by atoms with E-state index in [1.54, 1.807) is 36.4 Å². The van der Waals surface area contributed by atoms with Crippen LogP contribution in [0.2, 0.25) is 5.02 Å². The molecule has 0 spiro atoms. The molecule has 2 aromatic rings. The van der Waals surface area contributed by atoms with E-state index in [2.05, 4.69) is 4.85 Å². The number of ether oxygens (including phenoxy) is 1. The van der Waals surface area contributed by atoms with Gasteiger partial charge in [0.15, 0.2) is 17.2 Å². The molecule has 3 nitrogen and oxygen atoms in total. The summed E-state index contributed by atoms with van der Waals surface area (Å²) in [5, 5.41) is 9.97. The summed E-state index contributed by atoms with van der Waals surface area (Å²) in [5.41, 5.74) is 0.392. The normalized spacial score (nSPS) is 9.65. The van der Waals surface area contributed by atoms with E-state index in [-0.39, 0.29) is 5.75 Å². The van der Waals surface area contributed by atoms with Crippen LogP contribution in [0.4, 0.5) is 5.69 Å². The van der Waals surface area contributed by atoms with Gasteiger partial charge in [0.1, 0.15) is 5.75 Å². The summed E-state index contributed by atoms with van der Waals surface area (Å²) in [6, 6.07) is 11.3. The van der Waals surface area contributed by atoms with E-state index >= 15 is 0 Å². The number of benzene rings is 2. The number of phenolic OH excluding ortho intramolecular Hbond substituents is 1. The van der Waals surface area contributed by atoms with Crippen molar-refractivity contribution < 1.29 is 9.84 Å². The van der Waals surface area contributed by atoms with Gasteiger partial charge in [-0.15, -0.1) is 0 Å². The first-order valence-electron chi connectivity index (χ1n) is 4.83. The molecule has 0 unspecified atom stereocenters. The Kier molecular flexibility index (Phi) is 3.17. The molecule has 1 N–H and O–H groups in total. The topological polar surface area (TPSA) is 33.8 Å². The Bertz CT molecular complexity index is 590. The Balaban J connectivity index is 2.34. The lowest BCUT2D eigenvalue weighted by Crippen LogP contribution is -1.84. The second kappa shape index (κ2) is 4.77. The Hall–Kier alpha value is -2.18. The number of rotatable bonds is 2. The van der Waals surface area contributed by atoms with Crippen molar-refractivity contribution in [3.05, 3.63) is 58.9 Å². The van der Waals surface area contributed by atoms with Crippen LogP contribution < -0.4 is 4.74 Å². The molecule has 0 saturated carbocycles. The van der Waals surface area contributed by atoms with Crippen LogP contribution in [-0.2, 0) is 0 Å². The van der Waals surface area contributed by atoms with Crippen LogP contribution in [0.15, 0.2) is 42.5 Å². The number of nitrogens with zero attached hydrogens (tertiary/aromatic N) is 1. The van der Waals surface area contributed by atoms with E-state index in [1.165, 1.54) is 6.07 Å². The molecule has 4 heteroatoms. The van der Waals surface area contributed by atoms with Crippen LogP contribution in [0, 0.1) is 6.57 Å². The summed E-state index contributed by atoms with van der Waals surface area (Å²) in [5.74, 6) is 0.785. The molecule has 0 aliphatic rings. The third-order valence-electron chi connectivity index (χ3n) is 2.08. The van der Waals surface area contributed by atoms with Gasteiger partial charge in [0.25, 0.3) is 0 Å². The number of phenols is 1. The van der Waals surface area contributed by atoms with Crippen LogP contribution >= 0.6 is 11.6 Å². The molecule has 0 fully saturated rings. The van der Waals surface area contributed by atoms with Gasteiger partial charge in [-0.2, -0.15) is 0 Å². The fraction of sp³-hybridized carbons (Fsp3) is 0. The van der Waals surface area contributed by atoms with E-state index in [0.29, 0.717) is 22.2 Å². The van der Waals surface area contributed by atoms with Crippen molar-refractivity contribution >= 4 is 17.3 Å². The molecule has 0 amide bonds. The molecule has 0 aromatic heterocycles. The maximum atomic E-state index is 9.55. The molecule has 0 aliphatic carbocycles. The maximum absolute atomic E-state index is 9.55. The van der Waals surface area contributed by atoms with E-state index in [1.807, 2.05) is 0 Å². The number of halogens is 1. The fourth-order valence-electron chi connectivity index (χ4n) is 1.34. The van der Waals surface area contributed by atoms with Crippen molar-refractivity contribution in [1.82, 2.24) is 0 Å². The predicted molar refractivity (Wildman–Crippen MR) is 65.9 cm³/mol. The SMILES string of the molecule is [C-]#[N+]c1cc(Cl)cc(Oc2ccccc2O)c1. The summed E-state index contributed by atoms with van der Waals surface area (Å²) < 4.78 is 5.45. The Morgan fingerprint density at radius 1 is 1.18 bits per heavy atom. The van der Waals surface area contributed by atoms with Crippen molar-refractivity contribution in [3.8, 4) is 17.2 Å². The molecule has 0 bridgehead atoms. The van der Waals surface area contributed by atoms with E-state index in [9.17, 15) is 5.11 Å². The van der Waals surface area contributed by atoms with Gasteiger partial charge < -0.3 is 9.84 Å². The van der Waals surface area contributed by atoms with Crippen molar-refractivity contribution in [2.24, 2.45) is 0 Å². The molecule has 2 aromatic carbocycles. The van der Waals surface area contributed by atoms with Crippen LogP contribution in [0.25, 0.3) is 4.85 Å². The number of para-hydroxylation sites is 2. The van der Waals surface area contributed by atoms with Gasteiger partial charge in [-0.05, 0) is 30.3 Å². The lowest BCUT2D eigenvalue weighted by molar-refractivity contribution is 0.411. The van der Waals surface area contributed by atoms with Crippen molar-refractivity contribution in [3.63, 3.8) is 0 Å². The van der Waals surface area contributed by atoms with Gasteiger partial charge in [-0.25, -0.2) is 4.85 Å². The van der Waals surface area contributed by atoms with Crippen LogP contribution in [-0.4, -0.2) is 5.11 Å². The Labute approximate surface area is 104 Å². The molecule has 2 rings (SSSR count). The highest BCUT2D eigenvalue weighted by Gasteiger charge is 2.05. The first-order chi connectivity index (χ1) is 8.19. The lowest BCUT2D eigenvalue weighted by Gasteiger charge is -2.08. The van der Waals surface area contributed by atoms with Crippen molar-refractivity contribution in [2.75, 3.05) is 0 Å². The Morgan fingerprint density at radius 2 is 1.94 bits per heavy atom. The van der Waals surface area contributed by atoms with E-state index < -0.39 is 0 Å². The summed E-state index contributed by atoms with van der Waals surface area (Å²) in [6.07, 6.45) is 0. The molecular weight excluding hydrogens is 238 g/mol. The summed E-state index contributed by atoms with van der Waals surface area (Å²) in [6.45, 7) is 6.92. The fourth-order valence-corrected chi connectivity index (χ4v) is 1.56. The van der Waals surface area contributed by atoms with Gasteiger partial charge in [-0.1, -0.05) is 23.7 Å². The molecule has 0 aliphatic heterocycles. The monoisotopic (exact) mass is 245 g/mol. The smallest absolute Gasteiger partial charge is 0.192 e. The largest absolute Gasteiger partial charge is 0.504 e. The summed E-state index contributed by atoms with van der Waals surface area (Å²) in [4.78, 5) is 3.28. The van der Waals surface area contributed by atoms with Gasteiger partial charge in [0.2, 0.25) is 0 Å². The molecule has 0 radical (unpaired) electrons. The zero-order valence-electron chi connectivity index (χ0n) is 8.72. The van der Waals surface area contributed by atoms with Gasteiger partial charge >= 0.3 is 0 Å². The molecule has 84 valence electrons.